The first-order valence-electron chi connectivity index (χ1n) is 7.20. The van der Waals surface area contributed by atoms with Gasteiger partial charge in [0, 0.05) is 31.2 Å². The molecule has 3 aromatic rings. The Kier molecular flexibility index (Phi) is 3.34. The van der Waals surface area contributed by atoms with E-state index in [0.29, 0.717) is 0 Å². The van der Waals surface area contributed by atoms with Crippen LogP contribution in [0.3, 0.4) is 0 Å². The van der Waals surface area contributed by atoms with Gasteiger partial charge < -0.3 is 0 Å². The fourth-order valence-electron chi connectivity index (χ4n) is 2.78. The molecule has 0 unspecified atom stereocenters. The molecule has 0 fully saturated rings. The van der Waals surface area contributed by atoms with Crippen molar-refractivity contribution in [2.75, 3.05) is 0 Å². The summed E-state index contributed by atoms with van der Waals surface area (Å²) in [5.41, 5.74) is 6.21. The Morgan fingerprint density at radius 1 is 0.952 bits per heavy atom. The number of hydrogen-bond acceptors (Lipinski definition) is 0. The van der Waals surface area contributed by atoms with Gasteiger partial charge in [-0.1, -0.05) is 6.07 Å². The molecule has 2 aromatic heterocycles. The standard InChI is InChI=1S/C18H21N3/c1-14-12-17(20-10-6-5-8-15(20)2)16(3)18(13-14)21-11-7-9-19(21)4/h5-13H,1-4H3/q+2. The van der Waals surface area contributed by atoms with Crippen molar-refractivity contribution < 1.29 is 9.25 Å². The van der Waals surface area contributed by atoms with Gasteiger partial charge >= 0.3 is 0 Å². The van der Waals surface area contributed by atoms with Gasteiger partial charge in [-0.15, -0.1) is 9.36 Å². The lowest BCUT2D eigenvalue weighted by Gasteiger charge is -2.09. The lowest BCUT2D eigenvalue weighted by atomic mass is 10.1. The van der Waals surface area contributed by atoms with Crippen LogP contribution in [0.2, 0.25) is 0 Å². The van der Waals surface area contributed by atoms with Crippen molar-refractivity contribution in [2.24, 2.45) is 7.05 Å². The molecule has 21 heavy (non-hydrogen) atoms. The molecule has 1 aromatic carbocycles. The highest BCUT2D eigenvalue weighted by atomic mass is 15.4. The first-order valence-corrected chi connectivity index (χ1v) is 7.20. The number of rotatable bonds is 2. The maximum Gasteiger partial charge on any atom is 0.216 e. The van der Waals surface area contributed by atoms with Crippen molar-refractivity contribution in [1.82, 2.24) is 4.68 Å². The number of pyridine rings is 1. The molecule has 3 heteroatoms. The van der Waals surface area contributed by atoms with E-state index in [1.165, 1.54) is 28.2 Å². The molecule has 0 radical (unpaired) electrons. The van der Waals surface area contributed by atoms with Gasteiger partial charge in [-0.05, 0) is 25.5 Å². The predicted octanol–water partition coefficient (Wildman–Crippen LogP) is 2.50. The van der Waals surface area contributed by atoms with Gasteiger partial charge in [0.1, 0.15) is 5.69 Å². The zero-order valence-electron chi connectivity index (χ0n) is 13.0. The average Bonchev–Trinajstić information content (AvgIpc) is 2.88. The lowest BCUT2D eigenvalue weighted by molar-refractivity contribution is -0.744. The van der Waals surface area contributed by atoms with E-state index in [0.717, 1.165) is 0 Å². The van der Waals surface area contributed by atoms with Crippen LogP contribution in [0.1, 0.15) is 16.8 Å². The summed E-state index contributed by atoms with van der Waals surface area (Å²) >= 11 is 0. The van der Waals surface area contributed by atoms with Crippen LogP contribution in [0, 0.1) is 20.8 Å². The van der Waals surface area contributed by atoms with Gasteiger partial charge in [0.25, 0.3) is 0 Å². The highest BCUT2D eigenvalue weighted by molar-refractivity contribution is 5.51. The normalized spacial score (nSPS) is 10.9. The van der Waals surface area contributed by atoms with Crippen LogP contribution in [0.5, 0.6) is 0 Å². The molecule has 0 aliphatic heterocycles. The zero-order valence-corrected chi connectivity index (χ0v) is 13.0. The maximum absolute atomic E-state index is 2.25. The molecule has 0 saturated heterocycles. The summed E-state index contributed by atoms with van der Waals surface area (Å²) in [4.78, 5) is 0. The summed E-state index contributed by atoms with van der Waals surface area (Å²) in [6.45, 7) is 6.47. The fourth-order valence-corrected chi connectivity index (χ4v) is 2.78. The Bertz CT molecular complexity index is 800. The van der Waals surface area contributed by atoms with E-state index in [9.17, 15) is 0 Å². The Morgan fingerprint density at radius 3 is 2.43 bits per heavy atom. The summed E-state index contributed by atoms with van der Waals surface area (Å²) in [6.07, 6.45) is 6.27. The molecule has 3 rings (SSSR count). The number of aryl methyl sites for hydroxylation is 3. The van der Waals surface area contributed by atoms with Crippen molar-refractivity contribution >= 4 is 0 Å². The molecule has 0 atom stereocenters. The van der Waals surface area contributed by atoms with Gasteiger partial charge in [-0.25, -0.2) is 0 Å². The first kappa shape index (κ1) is 13.6. The summed E-state index contributed by atoms with van der Waals surface area (Å²) in [7, 11) is 2.06. The lowest BCUT2D eigenvalue weighted by Crippen LogP contribution is -2.38. The molecule has 0 spiro atoms. The molecule has 2 heterocycles. The minimum absolute atomic E-state index is 1.22. The second kappa shape index (κ2) is 5.17. The third kappa shape index (κ3) is 2.35. The van der Waals surface area contributed by atoms with Crippen molar-refractivity contribution in [3.05, 3.63) is 71.8 Å². The molecule has 106 valence electrons. The van der Waals surface area contributed by atoms with Gasteiger partial charge in [0.15, 0.2) is 25.1 Å². The fraction of sp³-hybridized carbons (Fsp3) is 0.222. The number of nitrogens with zero attached hydrogens (tertiary/aromatic N) is 3. The topological polar surface area (TPSA) is 12.7 Å². The first-order chi connectivity index (χ1) is 10.1. The van der Waals surface area contributed by atoms with Gasteiger partial charge in [-0.3, -0.25) is 0 Å². The quantitative estimate of drug-likeness (QED) is 0.639. The molecular formula is C18H21N3+2. The summed E-state index contributed by atoms with van der Waals surface area (Å²) < 4.78 is 6.51. The molecule has 3 nitrogen and oxygen atoms in total. The van der Waals surface area contributed by atoms with Crippen LogP contribution >= 0.6 is 0 Å². The van der Waals surface area contributed by atoms with Crippen LogP contribution in [-0.4, -0.2) is 4.68 Å². The Morgan fingerprint density at radius 2 is 1.76 bits per heavy atom. The smallest absolute Gasteiger partial charge is 0.164 e. The Balaban J connectivity index is 2.27. The van der Waals surface area contributed by atoms with E-state index < -0.39 is 0 Å². The van der Waals surface area contributed by atoms with Crippen LogP contribution in [-0.2, 0) is 7.05 Å². The second-order valence-corrected chi connectivity index (χ2v) is 5.55. The van der Waals surface area contributed by atoms with Gasteiger partial charge in [0.2, 0.25) is 5.69 Å². The van der Waals surface area contributed by atoms with Crippen molar-refractivity contribution in [3.63, 3.8) is 0 Å². The monoisotopic (exact) mass is 279 g/mol. The molecule has 0 aliphatic rings. The van der Waals surface area contributed by atoms with Gasteiger partial charge in [-0.2, -0.15) is 4.57 Å². The highest BCUT2D eigenvalue weighted by Crippen LogP contribution is 2.20. The highest BCUT2D eigenvalue weighted by Gasteiger charge is 2.19. The van der Waals surface area contributed by atoms with Crippen LogP contribution < -0.4 is 9.25 Å². The number of hydrogen-bond donors (Lipinski definition) is 0. The molecule has 0 saturated carbocycles. The molecule has 0 aliphatic carbocycles. The SMILES string of the molecule is Cc1cc(-n2ccc[n+]2C)c(C)c(-[n+]2ccccc2C)c1. The van der Waals surface area contributed by atoms with Crippen molar-refractivity contribution in [3.8, 4) is 11.4 Å². The van der Waals surface area contributed by atoms with E-state index in [2.05, 4.69) is 96.7 Å². The predicted molar refractivity (Wildman–Crippen MR) is 82.7 cm³/mol. The largest absolute Gasteiger partial charge is 0.216 e. The van der Waals surface area contributed by atoms with Crippen LogP contribution in [0.25, 0.3) is 11.4 Å². The molecule has 0 N–H and O–H groups in total. The van der Waals surface area contributed by atoms with Crippen molar-refractivity contribution in [1.29, 1.82) is 0 Å². The van der Waals surface area contributed by atoms with Crippen LogP contribution in [0.4, 0.5) is 0 Å². The van der Waals surface area contributed by atoms with Crippen molar-refractivity contribution in [2.45, 2.75) is 20.8 Å². The third-order valence-corrected chi connectivity index (χ3v) is 3.94. The van der Waals surface area contributed by atoms with E-state index in [1.54, 1.807) is 0 Å². The van der Waals surface area contributed by atoms with E-state index in [4.69, 9.17) is 0 Å². The van der Waals surface area contributed by atoms with E-state index in [-0.39, 0.29) is 0 Å². The molecule has 0 amide bonds. The average molecular weight is 279 g/mol. The Labute approximate surface area is 125 Å². The minimum Gasteiger partial charge on any atom is -0.164 e. The number of aromatic nitrogens is 3. The number of benzene rings is 1. The minimum atomic E-state index is 1.22. The van der Waals surface area contributed by atoms with Gasteiger partial charge in [0.05, 0.1) is 11.8 Å². The zero-order chi connectivity index (χ0) is 15.0. The molecule has 0 bridgehead atoms. The third-order valence-electron chi connectivity index (χ3n) is 3.94. The summed E-state index contributed by atoms with van der Waals surface area (Å²) in [5, 5.41) is 0. The Hall–Kier alpha value is -2.42. The second-order valence-electron chi connectivity index (χ2n) is 5.55. The van der Waals surface area contributed by atoms with E-state index >= 15 is 0 Å². The summed E-state index contributed by atoms with van der Waals surface area (Å²) in [5.74, 6) is 0. The van der Waals surface area contributed by atoms with E-state index in [1.807, 2.05) is 0 Å². The van der Waals surface area contributed by atoms with Crippen LogP contribution in [0.15, 0.2) is 55.0 Å². The maximum atomic E-state index is 2.25. The summed E-state index contributed by atoms with van der Waals surface area (Å²) in [6, 6.07) is 12.8. The molecular weight excluding hydrogens is 258 g/mol.